The molecule has 1 heterocycles. The van der Waals surface area contributed by atoms with Crippen LogP contribution in [0.15, 0.2) is 30.0 Å². The minimum atomic E-state index is -0.582. The molecule has 142 valence electrons. The van der Waals surface area contributed by atoms with Crippen molar-refractivity contribution in [2.75, 3.05) is 18.4 Å². The molecule has 1 aliphatic heterocycles. The van der Waals surface area contributed by atoms with Crippen LogP contribution in [0.4, 0.5) is 14.9 Å². The Morgan fingerprint density at radius 1 is 1.37 bits per heavy atom. The first-order valence-electron chi connectivity index (χ1n) is 8.43. The minimum Gasteiger partial charge on any atom is -0.486 e. The quantitative estimate of drug-likeness (QED) is 0.812. The summed E-state index contributed by atoms with van der Waals surface area (Å²) < 4.78 is 25.3. The van der Waals surface area contributed by atoms with E-state index in [2.05, 4.69) is 5.32 Å². The van der Waals surface area contributed by atoms with Gasteiger partial charge in [-0.3, -0.25) is 0 Å². The lowest BCUT2D eigenvalue weighted by molar-refractivity contribution is 0.0276. The molecule has 27 heavy (non-hydrogen) atoms. The van der Waals surface area contributed by atoms with Gasteiger partial charge in [0.15, 0.2) is 0 Å². The van der Waals surface area contributed by atoms with E-state index in [9.17, 15) is 9.18 Å². The number of rotatable bonds is 4. The molecule has 0 aliphatic carbocycles. The lowest BCUT2D eigenvalue weighted by atomic mass is 10.2. The van der Waals surface area contributed by atoms with Gasteiger partial charge in [-0.2, -0.15) is 10.5 Å². The molecule has 8 heteroatoms. The predicted molar refractivity (Wildman–Crippen MR) is 96.2 cm³/mol. The number of benzene rings is 1. The first-order valence-corrected chi connectivity index (χ1v) is 8.43. The second-order valence-corrected chi connectivity index (χ2v) is 6.99. The summed E-state index contributed by atoms with van der Waals surface area (Å²) in [6.07, 6.45) is 0.955. The third-order valence-corrected chi connectivity index (χ3v) is 3.67. The van der Waals surface area contributed by atoms with Gasteiger partial charge >= 0.3 is 6.09 Å². The molecule has 1 fully saturated rings. The van der Waals surface area contributed by atoms with Crippen molar-refractivity contribution in [1.82, 2.24) is 4.90 Å². The topological polar surface area (TPSA) is 98.4 Å². The average molecular weight is 372 g/mol. The fourth-order valence-electron chi connectivity index (χ4n) is 2.47. The maximum atomic E-state index is 14.2. The molecule has 0 aromatic heterocycles. The molecule has 0 bridgehead atoms. The molecule has 0 radical (unpaired) electrons. The number of allylic oxidation sites excluding steroid dienone is 1. The maximum absolute atomic E-state index is 14.2. The highest BCUT2D eigenvalue weighted by Crippen LogP contribution is 2.30. The standard InChI is InChI=1S/C19H21FN4O3/c1-19(2,3)27-18(25)24-8-7-14(12-24)26-16-6-4-5-15(20)17(16)23-11-13(9-21)10-22/h4-6,11,14,23H,7-8,12H2,1-3H3. The fourth-order valence-corrected chi connectivity index (χ4v) is 2.47. The van der Waals surface area contributed by atoms with Crippen LogP contribution in [0.25, 0.3) is 0 Å². The fraction of sp³-hybridized carbons (Fsp3) is 0.421. The second-order valence-electron chi connectivity index (χ2n) is 6.99. The number of nitriles is 2. The smallest absolute Gasteiger partial charge is 0.410 e. The Labute approximate surface area is 157 Å². The molecule has 0 spiro atoms. The number of nitrogens with zero attached hydrogens (tertiary/aromatic N) is 3. The third kappa shape index (κ3) is 5.61. The SMILES string of the molecule is CC(C)(C)OC(=O)N1CCC(Oc2cccc(F)c2NC=C(C#N)C#N)C1. The van der Waals surface area contributed by atoms with Crippen LogP contribution in [0.5, 0.6) is 5.75 Å². The predicted octanol–water partition coefficient (Wildman–Crippen LogP) is 3.56. The monoisotopic (exact) mass is 372 g/mol. The Morgan fingerprint density at radius 3 is 2.70 bits per heavy atom. The van der Waals surface area contributed by atoms with Gasteiger partial charge in [-0.25, -0.2) is 9.18 Å². The molecule has 1 aliphatic rings. The summed E-state index contributed by atoms with van der Waals surface area (Å²) in [5.74, 6) is -0.349. The second kappa shape index (κ2) is 8.41. The zero-order chi connectivity index (χ0) is 20.0. The number of ether oxygens (including phenoxy) is 2. The van der Waals surface area contributed by atoms with Gasteiger partial charge < -0.3 is 19.7 Å². The Hall–Kier alpha value is -3.26. The average Bonchev–Trinajstić information content (AvgIpc) is 3.05. The van der Waals surface area contributed by atoms with Gasteiger partial charge in [0.1, 0.15) is 46.7 Å². The van der Waals surface area contributed by atoms with E-state index in [1.54, 1.807) is 43.9 Å². The molecular formula is C19H21FN4O3. The Balaban J connectivity index is 2.07. The van der Waals surface area contributed by atoms with E-state index in [0.29, 0.717) is 19.5 Å². The summed E-state index contributed by atoms with van der Waals surface area (Å²) in [4.78, 5) is 13.7. The first-order chi connectivity index (χ1) is 12.7. The van der Waals surface area contributed by atoms with Gasteiger partial charge in [0.05, 0.1) is 6.54 Å². The van der Waals surface area contributed by atoms with Crippen molar-refractivity contribution in [1.29, 1.82) is 10.5 Å². The summed E-state index contributed by atoms with van der Waals surface area (Å²) in [7, 11) is 0. The Morgan fingerprint density at radius 2 is 2.07 bits per heavy atom. The van der Waals surface area contributed by atoms with E-state index >= 15 is 0 Å². The van der Waals surface area contributed by atoms with E-state index in [-0.39, 0.29) is 23.1 Å². The summed E-state index contributed by atoms with van der Waals surface area (Å²) >= 11 is 0. The molecule has 1 aromatic carbocycles. The van der Waals surface area contributed by atoms with Gasteiger partial charge in [-0.15, -0.1) is 0 Å². The molecule has 0 saturated carbocycles. The van der Waals surface area contributed by atoms with Crippen LogP contribution in [-0.4, -0.2) is 35.8 Å². The molecule has 1 unspecified atom stereocenters. The van der Waals surface area contributed by atoms with Crippen molar-refractivity contribution >= 4 is 11.8 Å². The molecule has 1 aromatic rings. The number of anilines is 1. The van der Waals surface area contributed by atoms with E-state index in [4.69, 9.17) is 20.0 Å². The summed E-state index contributed by atoms with van der Waals surface area (Å²) in [6.45, 7) is 6.19. The van der Waals surface area contributed by atoms with Crippen LogP contribution in [0.2, 0.25) is 0 Å². The number of nitrogens with one attached hydrogen (secondary N) is 1. The molecule has 1 amide bonds. The van der Waals surface area contributed by atoms with Crippen LogP contribution in [0, 0.1) is 28.5 Å². The first kappa shape index (κ1) is 20.1. The number of carbonyl (C=O) groups excluding carboxylic acids is 1. The van der Waals surface area contributed by atoms with Crippen LogP contribution >= 0.6 is 0 Å². The number of carbonyl (C=O) groups is 1. The number of hydrogen-bond donors (Lipinski definition) is 1. The highest BCUT2D eigenvalue weighted by molar-refractivity contribution is 5.68. The highest BCUT2D eigenvalue weighted by atomic mass is 19.1. The zero-order valence-corrected chi connectivity index (χ0v) is 15.5. The zero-order valence-electron chi connectivity index (χ0n) is 15.5. The molecule has 1 N–H and O–H groups in total. The normalized spacial score (nSPS) is 16.1. The Bertz CT molecular complexity index is 802. The maximum Gasteiger partial charge on any atom is 0.410 e. The summed E-state index contributed by atoms with van der Waals surface area (Å²) in [6, 6.07) is 7.69. The van der Waals surface area contributed by atoms with E-state index < -0.39 is 17.5 Å². The van der Waals surface area contributed by atoms with Crippen molar-refractivity contribution < 1.29 is 18.7 Å². The number of likely N-dealkylation sites (tertiary alicyclic amines) is 1. The van der Waals surface area contributed by atoms with Crippen molar-refractivity contribution in [3.8, 4) is 17.9 Å². The summed E-state index contributed by atoms with van der Waals surface area (Å²) in [5.41, 5.74) is -0.751. The van der Waals surface area contributed by atoms with Crippen molar-refractivity contribution in [3.05, 3.63) is 35.8 Å². The van der Waals surface area contributed by atoms with Crippen LogP contribution in [0.1, 0.15) is 27.2 Å². The van der Waals surface area contributed by atoms with Crippen molar-refractivity contribution in [2.45, 2.75) is 38.9 Å². The van der Waals surface area contributed by atoms with Gasteiger partial charge in [0, 0.05) is 19.2 Å². The van der Waals surface area contributed by atoms with E-state index in [0.717, 1.165) is 6.20 Å². The number of amides is 1. The van der Waals surface area contributed by atoms with Gasteiger partial charge in [0.2, 0.25) is 0 Å². The van der Waals surface area contributed by atoms with E-state index in [1.807, 2.05) is 0 Å². The number of halogens is 1. The minimum absolute atomic E-state index is 0.0243. The van der Waals surface area contributed by atoms with Gasteiger partial charge in [0.25, 0.3) is 0 Å². The van der Waals surface area contributed by atoms with Gasteiger partial charge in [-0.05, 0) is 32.9 Å². The van der Waals surface area contributed by atoms with Crippen LogP contribution in [0.3, 0.4) is 0 Å². The third-order valence-electron chi connectivity index (χ3n) is 3.67. The molecular weight excluding hydrogens is 351 g/mol. The van der Waals surface area contributed by atoms with E-state index in [1.165, 1.54) is 12.1 Å². The summed E-state index contributed by atoms with van der Waals surface area (Å²) in [5, 5.41) is 20.2. The Kier molecular flexibility index (Phi) is 6.25. The molecule has 7 nitrogen and oxygen atoms in total. The lowest BCUT2D eigenvalue weighted by Gasteiger charge is -2.24. The molecule has 1 atom stereocenters. The van der Waals surface area contributed by atoms with Crippen molar-refractivity contribution in [3.63, 3.8) is 0 Å². The largest absolute Gasteiger partial charge is 0.486 e. The van der Waals surface area contributed by atoms with Gasteiger partial charge in [-0.1, -0.05) is 6.07 Å². The molecule has 2 rings (SSSR count). The molecule has 1 saturated heterocycles. The number of para-hydroxylation sites is 1. The number of hydrogen-bond acceptors (Lipinski definition) is 6. The lowest BCUT2D eigenvalue weighted by Crippen LogP contribution is -2.36. The highest BCUT2D eigenvalue weighted by Gasteiger charge is 2.31. The van der Waals surface area contributed by atoms with Crippen LogP contribution < -0.4 is 10.1 Å². The van der Waals surface area contributed by atoms with Crippen molar-refractivity contribution in [2.24, 2.45) is 0 Å². The van der Waals surface area contributed by atoms with Crippen LogP contribution in [-0.2, 0) is 4.74 Å².